The molecule has 0 amide bonds. The standard InChI is InChI=1S/C27H24O10S/c1-38(31,32)37-23-22(35-25(29)19-13-7-3-8-14-19)21(17-33-24(28)18-11-5-2-6-12-18)34-27(23)36-26(30)20-15-9-4-10-16-20/h2-16,21-23,27H,17H2,1H3/t21-,22+,23-,27+/m0/s1. The lowest BCUT2D eigenvalue weighted by atomic mass is 10.1. The summed E-state index contributed by atoms with van der Waals surface area (Å²) in [5, 5.41) is 0. The first-order valence-corrected chi connectivity index (χ1v) is 13.3. The Hall–Kier alpha value is -4.06. The van der Waals surface area contributed by atoms with Gasteiger partial charge in [0.25, 0.3) is 10.1 Å². The number of hydrogen-bond donors (Lipinski definition) is 0. The predicted molar refractivity (Wildman–Crippen MR) is 133 cm³/mol. The molecule has 4 atom stereocenters. The number of ether oxygens (including phenoxy) is 4. The lowest BCUT2D eigenvalue weighted by molar-refractivity contribution is -0.135. The van der Waals surface area contributed by atoms with Crippen molar-refractivity contribution in [3.05, 3.63) is 108 Å². The van der Waals surface area contributed by atoms with Crippen LogP contribution in [0.1, 0.15) is 31.1 Å². The van der Waals surface area contributed by atoms with Gasteiger partial charge in [0.05, 0.1) is 22.9 Å². The van der Waals surface area contributed by atoms with E-state index in [0.29, 0.717) is 0 Å². The number of esters is 3. The molecule has 0 aromatic heterocycles. The van der Waals surface area contributed by atoms with Gasteiger partial charge in [-0.15, -0.1) is 0 Å². The van der Waals surface area contributed by atoms with Crippen molar-refractivity contribution in [3.8, 4) is 0 Å². The molecule has 1 fully saturated rings. The Morgan fingerprint density at radius 2 is 1.13 bits per heavy atom. The molecule has 1 heterocycles. The topological polar surface area (TPSA) is 132 Å². The molecular formula is C27H24O10S. The number of benzene rings is 3. The number of rotatable bonds is 9. The SMILES string of the molecule is CS(=O)(=O)O[C@@H]1[C@@H](OC(=O)c2ccccc2)O[C@@H](COC(=O)c2ccccc2)[C@H]1OC(=O)c1ccccc1. The summed E-state index contributed by atoms with van der Waals surface area (Å²) in [6.45, 7) is -0.455. The third kappa shape index (κ3) is 7.03. The lowest BCUT2D eigenvalue weighted by Gasteiger charge is -2.23. The van der Waals surface area contributed by atoms with Crippen LogP contribution < -0.4 is 0 Å². The highest BCUT2D eigenvalue weighted by molar-refractivity contribution is 7.86. The lowest BCUT2D eigenvalue weighted by Crippen LogP contribution is -2.42. The third-order valence-electron chi connectivity index (χ3n) is 5.43. The molecular weight excluding hydrogens is 516 g/mol. The van der Waals surface area contributed by atoms with E-state index in [0.717, 1.165) is 6.26 Å². The maximum atomic E-state index is 12.9. The largest absolute Gasteiger partial charge is 0.459 e. The summed E-state index contributed by atoms with van der Waals surface area (Å²) in [6.07, 6.45) is -5.04. The van der Waals surface area contributed by atoms with Crippen LogP contribution in [0, 0.1) is 0 Å². The molecule has 1 aliphatic rings. The Labute approximate surface area is 219 Å². The van der Waals surface area contributed by atoms with Gasteiger partial charge in [0.2, 0.25) is 6.29 Å². The van der Waals surface area contributed by atoms with E-state index in [-0.39, 0.29) is 16.7 Å². The molecule has 0 spiro atoms. The van der Waals surface area contributed by atoms with Crippen molar-refractivity contribution in [2.45, 2.75) is 24.6 Å². The number of hydrogen-bond acceptors (Lipinski definition) is 10. The van der Waals surface area contributed by atoms with Crippen LogP contribution in [0.15, 0.2) is 91.0 Å². The van der Waals surface area contributed by atoms with Crippen molar-refractivity contribution in [1.29, 1.82) is 0 Å². The smallest absolute Gasteiger partial charge is 0.340 e. The summed E-state index contributed by atoms with van der Waals surface area (Å²) < 4.78 is 51.5. The molecule has 1 saturated heterocycles. The Bertz CT molecular complexity index is 1360. The van der Waals surface area contributed by atoms with Gasteiger partial charge in [-0.1, -0.05) is 54.6 Å². The summed E-state index contributed by atoms with van der Waals surface area (Å²) in [7, 11) is -4.14. The minimum absolute atomic E-state index is 0.172. The minimum Gasteiger partial charge on any atom is -0.459 e. The maximum absolute atomic E-state index is 12.9. The van der Waals surface area contributed by atoms with Crippen LogP contribution in [0.25, 0.3) is 0 Å². The van der Waals surface area contributed by atoms with Gasteiger partial charge < -0.3 is 18.9 Å². The van der Waals surface area contributed by atoms with E-state index in [2.05, 4.69) is 0 Å². The van der Waals surface area contributed by atoms with Crippen molar-refractivity contribution in [3.63, 3.8) is 0 Å². The predicted octanol–water partition coefficient (Wildman–Crippen LogP) is 3.00. The second-order valence-electron chi connectivity index (χ2n) is 8.28. The van der Waals surface area contributed by atoms with Gasteiger partial charge in [-0.05, 0) is 36.4 Å². The van der Waals surface area contributed by atoms with Crippen molar-refractivity contribution in [1.82, 2.24) is 0 Å². The van der Waals surface area contributed by atoms with Crippen LogP contribution in [-0.4, -0.2) is 63.8 Å². The highest BCUT2D eigenvalue weighted by Crippen LogP contribution is 2.31. The molecule has 4 rings (SSSR count). The van der Waals surface area contributed by atoms with Gasteiger partial charge in [0.1, 0.15) is 12.7 Å². The van der Waals surface area contributed by atoms with E-state index in [1.165, 1.54) is 24.3 Å². The van der Waals surface area contributed by atoms with E-state index >= 15 is 0 Å². The molecule has 38 heavy (non-hydrogen) atoms. The van der Waals surface area contributed by atoms with Gasteiger partial charge in [-0.3, -0.25) is 4.18 Å². The molecule has 11 heteroatoms. The van der Waals surface area contributed by atoms with Crippen LogP contribution in [0.2, 0.25) is 0 Å². The summed E-state index contributed by atoms with van der Waals surface area (Å²) in [5.41, 5.74) is 0.612. The maximum Gasteiger partial charge on any atom is 0.340 e. The summed E-state index contributed by atoms with van der Waals surface area (Å²) in [4.78, 5) is 38.1. The van der Waals surface area contributed by atoms with Gasteiger partial charge in [0.15, 0.2) is 12.2 Å². The molecule has 0 bridgehead atoms. The van der Waals surface area contributed by atoms with Crippen LogP contribution in [0.4, 0.5) is 0 Å². The molecule has 0 radical (unpaired) electrons. The zero-order valence-electron chi connectivity index (χ0n) is 20.2. The van der Waals surface area contributed by atoms with Gasteiger partial charge in [-0.25, -0.2) is 14.4 Å². The first-order valence-electron chi connectivity index (χ1n) is 11.5. The fourth-order valence-electron chi connectivity index (χ4n) is 3.70. The Morgan fingerprint density at radius 3 is 1.61 bits per heavy atom. The monoisotopic (exact) mass is 540 g/mol. The van der Waals surface area contributed by atoms with E-state index in [9.17, 15) is 22.8 Å². The quantitative estimate of drug-likeness (QED) is 0.227. The molecule has 198 valence electrons. The first kappa shape index (κ1) is 27.0. The highest BCUT2D eigenvalue weighted by atomic mass is 32.2. The molecule has 3 aromatic carbocycles. The number of carbonyl (C=O) groups excluding carboxylic acids is 3. The van der Waals surface area contributed by atoms with Crippen molar-refractivity contribution in [2.75, 3.05) is 12.9 Å². The molecule has 10 nitrogen and oxygen atoms in total. The Kier molecular flexibility index (Phi) is 8.52. The van der Waals surface area contributed by atoms with Crippen molar-refractivity contribution < 1.29 is 45.9 Å². The fraction of sp³-hybridized carbons (Fsp3) is 0.222. The summed E-state index contributed by atoms with van der Waals surface area (Å²) in [6, 6.07) is 24.0. The van der Waals surface area contributed by atoms with Gasteiger partial charge in [0, 0.05) is 0 Å². The van der Waals surface area contributed by atoms with Gasteiger partial charge in [-0.2, -0.15) is 8.42 Å². The van der Waals surface area contributed by atoms with Crippen LogP contribution in [-0.2, 0) is 33.2 Å². The summed E-state index contributed by atoms with van der Waals surface area (Å²) in [5.74, 6) is -2.32. The zero-order valence-corrected chi connectivity index (χ0v) is 21.0. The first-order chi connectivity index (χ1) is 18.2. The minimum atomic E-state index is -4.14. The van der Waals surface area contributed by atoms with E-state index in [4.69, 9.17) is 23.1 Å². The van der Waals surface area contributed by atoms with E-state index in [1.54, 1.807) is 66.7 Å². The number of carbonyl (C=O) groups is 3. The Balaban J connectivity index is 1.60. The van der Waals surface area contributed by atoms with Gasteiger partial charge >= 0.3 is 17.9 Å². The molecule has 0 saturated carbocycles. The normalized spacial score (nSPS) is 20.9. The summed E-state index contributed by atoms with van der Waals surface area (Å²) >= 11 is 0. The second-order valence-corrected chi connectivity index (χ2v) is 9.88. The Morgan fingerprint density at radius 1 is 0.684 bits per heavy atom. The zero-order chi connectivity index (χ0) is 27.1. The highest BCUT2D eigenvalue weighted by Gasteiger charge is 2.52. The molecule has 0 N–H and O–H groups in total. The van der Waals surface area contributed by atoms with Crippen molar-refractivity contribution >= 4 is 28.0 Å². The van der Waals surface area contributed by atoms with E-state index in [1.807, 2.05) is 0 Å². The average molecular weight is 541 g/mol. The molecule has 3 aromatic rings. The van der Waals surface area contributed by atoms with Crippen molar-refractivity contribution in [2.24, 2.45) is 0 Å². The second kappa shape index (κ2) is 12.0. The average Bonchev–Trinajstić information content (AvgIpc) is 3.22. The van der Waals surface area contributed by atoms with Crippen LogP contribution in [0.5, 0.6) is 0 Å². The molecule has 0 aliphatic carbocycles. The third-order valence-corrected chi connectivity index (χ3v) is 6.00. The molecule has 1 aliphatic heterocycles. The van der Waals surface area contributed by atoms with E-state index < -0.39 is 59.2 Å². The fourth-order valence-corrected chi connectivity index (χ4v) is 4.30. The van der Waals surface area contributed by atoms with Crippen LogP contribution in [0.3, 0.4) is 0 Å². The van der Waals surface area contributed by atoms with Crippen LogP contribution >= 0.6 is 0 Å². The molecule has 0 unspecified atom stereocenters.